The van der Waals surface area contributed by atoms with Crippen molar-refractivity contribution in [1.29, 1.82) is 0 Å². The van der Waals surface area contributed by atoms with Crippen molar-refractivity contribution in [2.75, 3.05) is 41.2 Å². The molecule has 0 saturated carbocycles. The minimum absolute atomic E-state index is 0.144. The molecule has 8 nitrogen and oxygen atoms in total. The molecule has 0 saturated heterocycles. The maximum atomic E-state index is 12.9. The van der Waals surface area contributed by atoms with Crippen LogP contribution in [0.1, 0.15) is 34.8 Å². The van der Waals surface area contributed by atoms with Gasteiger partial charge in [0.2, 0.25) is 0 Å². The first kappa shape index (κ1) is 28.5. The molecule has 0 aliphatic rings. The molecule has 0 heterocycles. The maximum absolute atomic E-state index is 12.9. The lowest BCUT2D eigenvalue weighted by Gasteiger charge is -2.14. The molecule has 0 fully saturated rings. The Morgan fingerprint density at radius 1 is 0.763 bits per heavy atom. The van der Waals surface area contributed by atoms with Crippen molar-refractivity contribution >= 4 is 11.8 Å². The van der Waals surface area contributed by atoms with Crippen LogP contribution in [0, 0.1) is 0 Å². The summed E-state index contributed by atoms with van der Waals surface area (Å²) in [5.74, 6) is 1.97. The van der Waals surface area contributed by atoms with Gasteiger partial charge in [-0.1, -0.05) is 12.1 Å². The predicted molar refractivity (Wildman–Crippen MR) is 143 cm³/mol. The van der Waals surface area contributed by atoms with Crippen molar-refractivity contribution in [2.45, 2.75) is 25.9 Å². The number of carbonyl (C=O) groups excluding carboxylic acids is 2. The number of esters is 1. The zero-order valence-electron chi connectivity index (χ0n) is 22.2. The standard InChI is InChI=1S/C30H34O8/c1-5-36-30(32)28(35-4)19-21-7-11-23(12-8-21)37-17-6-18-38-24-13-9-22(10-14-24)29(31)26-16-15-25(33-2)20-27(26)34-3/h7-16,20,28H,5-6,17-19H2,1-4H3/t28-/m0/s1. The van der Waals surface area contributed by atoms with E-state index in [1.54, 1.807) is 56.5 Å². The van der Waals surface area contributed by atoms with E-state index < -0.39 is 6.10 Å². The molecule has 0 aromatic heterocycles. The Balaban J connectivity index is 1.42. The van der Waals surface area contributed by atoms with Gasteiger partial charge in [0.05, 0.1) is 39.6 Å². The van der Waals surface area contributed by atoms with E-state index in [2.05, 4.69) is 0 Å². The van der Waals surface area contributed by atoms with Gasteiger partial charge in [0.1, 0.15) is 23.0 Å². The first-order valence-electron chi connectivity index (χ1n) is 12.4. The summed E-state index contributed by atoms with van der Waals surface area (Å²) in [4.78, 5) is 24.8. The van der Waals surface area contributed by atoms with Gasteiger partial charge < -0.3 is 28.4 Å². The summed E-state index contributed by atoms with van der Waals surface area (Å²) in [5.41, 5.74) is 1.95. The number of hydrogen-bond donors (Lipinski definition) is 0. The number of ether oxygens (including phenoxy) is 6. The van der Waals surface area contributed by atoms with Crippen LogP contribution in [0.4, 0.5) is 0 Å². The quantitative estimate of drug-likeness (QED) is 0.158. The van der Waals surface area contributed by atoms with Crippen LogP contribution < -0.4 is 18.9 Å². The molecule has 0 N–H and O–H groups in total. The van der Waals surface area contributed by atoms with E-state index in [0.717, 1.165) is 11.3 Å². The zero-order chi connectivity index (χ0) is 27.3. The van der Waals surface area contributed by atoms with Crippen LogP contribution in [0.25, 0.3) is 0 Å². The second-order valence-corrected chi connectivity index (χ2v) is 8.29. The molecule has 3 aromatic rings. The highest BCUT2D eigenvalue weighted by atomic mass is 16.6. The summed E-state index contributed by atoms with van der Waals surface area (Å²) < 4.78 is 32.4. The summed E-state index contributed by atoms with van der Waals surface area (Å²) in [5, 5.41) is 0. The topological polar surface area (TPSA) is 89.5 Å². The van der Waals surface area contributed by atoms with Crippen molar-refractivity contribution in [3.05, 3.63) is 83.4 Å². The van der Waals surface area contributed by atoms with Gasteiger partial charge in [-0.25, -0.2) is 4.79 Å². The number of ketones is 1. The monoisotopic (exact) mass is 522 g/mol. The third-order valence-electron chi connectivity index (χ3n) is 5.77. The number of hydrogen-bond acceptors (Lipinski definition) is 8. The van der Waals surface area contributed by atoms with Crippen LogP contribution in [0.15, 0.2) is 66.7 Å². The third-order valence-corrected chi connectivity index (χ3v) is 5.77. The normalized spacial score (nSPS) is 11.4. The molecular weight excluding hydrogens is 488 g/mol. The molecule has 202 valence electrons. The van der Waals surface area contributed by atoms with Gasteiger partial charge in [0.15, 0.2) is 11.9 Å². The summed E-state index contributed by atoms with van der Waals surface area (Å²) in [6.45, 7) is 3.03. The molecular formula is C30H34O8. The second-order valence-electron chi connectivity index (χ2n) is 8.29. The Labute approximate surface area is 223 Å². The van der Waals surface area contributed by atoms with E-state index >= 15 is 0 Å². The highest BCUT2D eigenvalue weighted by molar-refractivity contribution is 6.10. The first-order chi connectivity index (χ1) is 18.5. The lowest BCUT2D eigenvalue weighted by molar-refractivity contribution is -0.154. The van der Waals surface area contributed by atoms with Crippen LogP contribution in [-0.4, -0.2) is 59.0 Å². The van der Waals surface area contributed by atoms with Crippen molar-refractivity contribution < 1.29 is 38.0 Å². The Morgan fingerprint density at radius 2 is 1.37 bits per heavy atom. The summed E-state index contributed by atoms with van der Waals surface area (Å²) in [6, 6.07) is 19.6. The number of carbonyl (C=O) groups is 2. The largest absolute Gasteiger partial charge is 0.497 e. The molecule has 0 spiro atoms. The van der Waals surface area contributed by atoms with Gasteiger partial charge in [-0.15, -0.1) is 0 Å². The molecule has 38 heavy (non-hydrogen) atoms. The van der Waals surface area contributed by atoms with E-state index in [1.165, 1.54) is 14.2 Å². The van der Waals surface area contributed by atoms with Crippen LogP contribution in [0.3, 0.4) is 0 Å². The minimum atomic E-state index is -0.628. The summed E-state index contributed by atoms with van der Waals surface area (Å²) in [6.07, 6.45) is 0.484. The van der Waals surface area contributed by atoms with Crippen LogP contribution in [-0.2, 0) is 20.7 Å². The Hall–Kier alpha value is -4.04. The SMILES string of the molecule is CCOC(=O)[C@H](Cc1ccc(OCCCOc2ccc(C(=O)c3ccc(OC)cc3OC)cc2)cc1)OC. The number of methoxy groups -OCH3 is 3. The van der Waals surface area contributed by atoms with E-state index in [-0.39, 0.29) is 11.8 Å². The molecule has 0 aliphatic heterocycles. The van der Waals surface area contributed by atoms with Crippen molar-refractivity contribution in [2.24, 2.45) is 0 Å². The molecule has 0 amide bonds. The Kier molecular flexibility index (Phi) is 11.0. The molecule has 0 unspecified atom stereocenters. The van der Waals surface area contributed by atoms with E-state index in [1.807, 2.05) is 24.3 Å². The Bertz CT molecular complexity index is 1170. The zero-order valence-corrected chi connectivity index (χ0v) is 22.2. The van der Waals surface area contributed by atoms with Crippen LogP contribution in [0.5, 0.6) is 23.0 Å². The van der Waals surface area contributed by atoms with Gasteiger partial charge in [0.25, 0.3) is 0 Å². The smallest absolute Gasteiger partial charge is 0.335 e. The second kappa shape index (κ2) is 14.6. The van der Waals surface area contributed by atoms with Crippen LogP contribution in [0.2, 0.25) is 0 Å². The van der Waals surface area contributed by atoms with Gasteiger partial charge >= 0.3 is 5.97 Å². The Morgan fingerprint density at radius 3 is 1.92 bits per heavy atom. The lowest BCUT2D eigenvalue weighted by Crippen LogP contribution is -2.27. The molecule has 1 atom stereocenters. The first-order valence-corrected chi connectivity index (χ1v) is 12.4. The summed E-state index contributed by atoms with van der Waals surface area (Å²) >= 11 is 0. The van der Waals surface area contributed by atoms with Crippen molar-refractivity contribution in [3.63, 3.8) is 0 Å². The molecule has 3 aromatic carbocycles. The highest BCUT2D eigenvalue weighted by Gasteiger charge is 2.19. The van der Waals surface area contributed by atoms with Gasteiger partial charge in [-0.3, -0.25) is 4.79 Å². The molecule has 0 radical (unpaired) electrons. The molecule has 8 heteroatoms. The van der Waals surface area contributed by atoms with Crippen LogP contribution >= 0.6 is 0 Å². The van der Waals surface area contributed by atoms with Gasteiger partial charge in [-0.05, 0) is 61.0 Å². The van der Waals surface area contributed by atoms with Gasteiger partial charge in [-0.2, -0.15) is 0 Å². The average Bonchev–Trinajstić information content (AvgIpc) is 2.96. The minimum Gasteiger partial charge on any atom is -0.497 e. The van der Waals surface area contributed by atoms with Crippen molar-refractivity contribution in [1.82, 2.24) is 0 Å². The molecule has 0 aliphatic carbocycles. The predicted octanol–water partition coefficient (Wildman–Crippen LogP) is 4.90. The van der Waals surface area contributed by atoms with Gasteiger partial charge in [0, 0.05) is 31.6 Å². The van der Waals surface area contributed by atoms with E-state index in [4.69, 9.17) is 28.4 Å². The number of rotatable bonds is 15. The van der Waals surface area contributed by atoms with Crippen molar-refractivity contribution in [3.8, 4) is 23.0 Å². The third kappa shape index (κ3) is 7.98. The number of benzene rings is 3. The fourth-order valence-corrected chi connectivity index (χ4v) is 3.72. The van der Waals surface area contributed by atoms with E-state index in [0.29, 0.717) is 61.0 Å². The highest BCUT2D eigenvalue weighted by Crippen LogP contribution is 2.27. The molecule has 3 rings (SSSR count). The maximum Gasteiger partial charge on any atom is 0.335 e. The summed E-state index contributed by atoms with van der Waals surface area (Å²) in [7, 11) is 4.58. The average molecular weight is 523 g/mol. The lowest BCUT2D eigenvalue weighted by atomic mass is 10.0. The fourth-order valence-electron chi connectivity index (χ4n) is 3.72. The fraction of sp³-hybridized carbons (Fsp3) is 0.333. The van der Waals surface area contributed by atoms with E-state index in [9.17, 15) is 9.59 Å². The molecule has 0 bridgehead atoms.